The molecular formula is C16H21F3N2O2. The minimum atomic E-state index is -4.44. The summed E-state index contributed by atoms with van der Waals surface area (Å²) < 4.78 is 38.4. The number of hydrogen-bond acceptors (Lipinski definition) is 3. The zero-order chi connectivity index (χ0) is 17.3. The molecule has 0 radical (unpaired) electrons. The number of aliphatic hydroxyl groups is 1. The number of benzene rings is 1. The predicted octanol–water partition coefficient (Wildman–Crippen LogP) is 2.11. The van der Waals surface area contributed by atoms with Crippen LogP contribution in [0, 0.1) is 5.92 Å². The van der Waals surface area contributed by atoms with Crippen molar-refractivity contribution in [2.45, 2.75) is 31.5 Å². The second kappa shape index (κ2) is 6.49. The quantitative estimate of drug-likeness (QED) is 0.888. The van der Waals surface area contributed by atoms with Gasteiger partial charge in [-0.15, -0.1) is 0 Å². The molecular weight excluding hydrogens is 309 g/mol. The minimum Gasteiger partial charge on any atom is -0.384 e. The van der Waals surface area contributed by atoms with Crippen molar-refractivity contribution in [1.29, 1.82) is 0 Å². The number of primary amides is 1. The highest BCUT2D eigenvalue weighted by Gasteiger charge is 2.34. The number of piperidine rings is 1. The Hall–Kier alpha value is -1.60. The largest absolute Gasteiger partial charge is 0.416 e. The molecule has 1 saturated heterocycles. The van der Waals surface area contributed by atoms with Gasteiger partial charge in [0.2, 0.25) is 5.91 Å². The van der Waals surface area contributed by atoms with Gasteiger partial charge in [-0.2, -0.15) is 13.2 Å². The molecule has 1 aromatic carbocycles. The summed E-state index contributed by atoms with van der Waals surface area (Å²) in [4.78, 5) is 13.1. The Morgan fingerprint density at radius 1 is 1.30 bits per heavy atom. The third-order valence-electron chi connectivity index (χ3n) is 4.33. The van der Waals surface area contributed by atoms with Gasteiger partial charge in [0.15, 0.2) is 0 Å². The van der Waals surface area contributed by atoms with Crippen molar-refractivity contribution in [1.82, 2.24) is 4.90 Å². The van der Waals surface area contributed by atoms with E-state index in [9.17, 15) is 23.1 Å². The maximum absolute atomic E-state index is 12.8. The molecule has 1 aliphatic heterocycles. The summed E-state index contributed by atoms with van der Waals surface area (Å²) in [6, 6.07) is 4.76. The Balaban J connectivity index is 2.06. The molecule has 0 aromatic heterocycles. The number of carbonyl (C=O) groups is 1. The van der Waals surface area contributed by atoms with Crippen LogP contribution in [0.25, 0.3) is 0 Å². The van der Waals surface area contributed by atoms with Gasteiger partial charge < -0.3 is 15.7 Å². The van der Waals surface area contributed by atoms with E-state index in [1.165, 1.54) is 19.1 Å². The lowest BCUT2D eigenvalue weighted by Crippen LogP contribution is -2.45. The van der Waals surface area contributed by atoms with Crippen LogP contribution in [-0.2, 0) is 16.6 Å². The van der Waals surface area contributed by atoms with Gasteiger partial charge in [0.05, 0.1) is 11.2 Å². The summed E-state index contributed by atoms with van der Waals surface area (Å²) in [5, 5.41) is 10.6. The third kappa shape index (κ3) is 4.45. The number of nitrogens with two attached hydrogens (primary N) is 1. The maximum Gasteiger partial charge on any atom is 0.416 e. The van der Waals surface area contributed by atoms with E-state index in [1.54, 1.807) is 0 Å². The fourth-order valence-electron chi connectivity index (χ4n) is 2.93. The number of carbonyl (C=O) groups excluding carboxylic acids is 1. The van der Waals surface area contributed by atoms with Crippen LogP contribution in [0.5, 0.6) is 0 Å². The van der Waals surface area contributed by atoms with E-state index in [-0.39, 0.29) is 23.9 Å². The molecule has 0 bridgehead atoms. The van der Waals surface area contributed by atoms with Crippen molar-refractivity contribution in [2.24, 2.45) is 11.7 Å². The van der Waals surface area contributed by atoms with Gasteiger partial charge in [-0.05, 0) is 50.6 Å². The lowest BCUT2D eigenvalue weighted by Gasteiger charge is -2.36. The number of likely N-dealkylation sites (tertiary alicyclic amines) is 1. The summed E-state index contributed by atoms with van der Waals surface area (Å²) in [5.41, 5.74) is 3.32. The van der Waals surface area contributed by atoms with E-state index in [4.69, 9.17) is 5.73 Å². The zero-order valence-electron chi connectivity index (χ0n) is 12.9. The Morgan fingerprint density at radius 3 is 2.39 bits per heavy atom. The highest BCUT2D eigenvalue weighted by molar-refractivity contribution is 5.76. The second-order valence-electron chi connectivity index (χ2n) is 6.31. The van der Waals surface area contributed by atoms with Crippen molar-refractivity contribution in [2.75, 3.05) is 19.6 Å². The molecule has 0 aliphatic carbocycles. The van der Waals surface area contributed by atoms with Crippen LogP contribution >= 0.6 is 0 Å². The second-order valence-corrected chi connectivity index (χ2v) is 6.31. The van der Waals surface area contributed by atoms with E-state index in [1.807, 2.05) is 4.90 Å². The molecule has 1 aliphatic rings. The van der Waals surface area contributed by atoms with Gasteiger partial charge in [-0.1, -0.05) is 12.1 Å². The smallest absolute Gasteiger partial charge is 0.384 e. The van der Waals surface area contributed by atoms with Gasteiger partial charge in [0.25, 0.3) is 0 Å². The molecule has 23 heavy (non-hydrogen) atoms. The summed E-state index contributed by atoms with van der Waals surface area (Å²) in [6.45, 7) is 2.88. The van der Waals surface area contributed by atoms with E-state index >= 15 is 0 Å². The number of halogens is 3. The molecule has 4 nitrogen and oxygen atoms in total. The molecule has 1 unspecified atom stereocenters. The third-order valence-corrected chi connectivity index (χ3v) is 4.33. The lowest BCUT2D eigenvalue weighted by molar-refractivity contribution is -0.137. The highest BCUT2D eigenvalue weighted by Crippen LogP contribution is 2.32. The zero-order valence-corrected chi connectivity index (χ0v) is 12.9. The van der Waals surface area contributed by atoms with Crippen LogP contribution in [0.4, 0.5) is 13.2 Å². The highest BCUT2D eigenvalue weighted by atomic mass is 19.4. The van der Waals surface area contributed by atoms with E-state index < -0.39 is 17.3 Å². The fraction of sp³-hybridized carbons (Fsp3) is 0.562. The number of rotatable bonds is 4. The summed E-state index contributed by atoms with van der Waals surface area (Å²) in [5.74, 6) is -0.487. The molecule has 2 rings (SSSR count). The fourth-order valence-corrected chi connectivity index (χ4v) is 2.93. The molecule has 3 N–H and O–H groups in total. The molecule has 1 amide bonds. The number of hydrogen-bond donors (Lipinski definition) is 2. The molecule has 128 valence electrons. The first kappa shape index (κ1) is 17.7. The standard InChI is InChI=1S/C16H21F3N2O2/c1-15(23,10-21-7-5-11(6-8-21)14(20)22)12-3-2-4-13(9-12)16(17,18)19/h2-4,9,11,23H,5-8,10H2,1H3,(H2,20,22). The summed E-state index contributed by atoms with van der Waals surface area (Å²) >= 11 is 0. The van der Waals surface area contributed by atoms with Crippen molar-refractivity contribution in [3.63, 3.8) is 0 Å². The van der Waals surface area contributed by atoms with Crippen LogP contribution in [0.1, 0.15) is 30.9 Å². The average Bonchev–Trinajstić information content (AvgIpc) is 2.46. The monoisotopic (exact) mass is 330 g/mol. The van der Waals surface area contributed by atoms with Gasteiger partial charge >= 0.3 is 6.18 Å². The summed E-state index contributed by atoms with van der Waals surface area (Å²) in [7, 11) is 0. The van der Waals surface area contributed by atoms with Crippen LogP contribution in [-0.4, -0.2) is 35.5 Å². The maximum atomic E-state index is 12.8. The Bertz CT molecular complexity index is 565. The summed E-state index contributed by atoms with van der Waals surface area (Å²) in [6.07, 6.45) is -3.23. The van der Waals surface area contributed by atoms with Crippen LogP contribution in [0.15, 0.2) is 24.3 Å². The predicted molar refractivity (Wildman–Crippen MR) is 79.4 cm³/mol. The van der Waals surface area contributed by atoms with Gasteiger partial charge in [-0.3, -0.25) is 4.79 Å². The Morgan fingerprint density at radius 2 is 1.87 bits per heavy atom. The Labute approximate surface area is 133 Å². The minimum absolute atomic E-state index is 0.162. The molecule has 1 aromatic rings. The Kier molecular flexibility index (Phi) is 5.01. The van der Waals surface area contributed by atoms with Crippen molar-refractivity contribution in [3.8, 4) is 0 Å². The van der Waals surface area contributed by atoms with Crippen molar-refractivity contribution >= 4 is 5.91 Å². The molecule has 0 spiro atoms. The SMILES string of the molecule is CC(O)(CN1CCC(C(N)=O)CC1)c1cccc(C(F)(F)F)c1. The van der Waals surface area contributed by atoms with Gasteiger partial charge in [0, 0.05) is 12.5 Å². The molecule has 0 saturated carbocycles. The van der Waals surface area contributed by atoms with Crippen LogP contribution < -0.4 is 5.73 Å². The average molecular weight is 330 g/mol. The number of alkyl halides is 3. The number of amides is 1. The molecule has 1 fully saturated rings. The first-order valence-electron chi connectivity index (χ1n) is 7.51. The number of β-amino-alcohol motifs (C(OH)–C–C–N with tert-alkyl or cyclic N) is 1. The van der Waals surface area contributed by atoms with Gasteiger partial charge in [-0.25, -0.2) is 0 Å². The van der Waals surface area contributed by atoms with E-state index in [0.717, 1.165) is 12.1 Å². The molecule has 1 heterocycles. The van der Waals surface area contributed by atoms with Gasteiger partial charge in [0.1, 0.15) is 0 Å². The lowest BCUT2D eigenvalue weighted by atomic mass is 9.91. The van der Waals surface area contributed by atoms with Crippen molar-refractivity contribution in [3.05, 3.63) is 35.4 Å². The van der Waals surface area contributed by atoms with E-state index in [2.05, 4.69) is 0 Å². The molecule has 7 heteroatoms. The van der Waals surface area contributed by atoms with Crippen LogP contribution in [0.2, 0.25) is 0 Å². The normalized spacial score (nSPS) is 20.2. The first-order valence-corrected chi connectivity index (χ1v) is 7.51. The topological polar surface area (TPSA) is 66.6 Å². The van der Waals surface area contributed by atoms with Crippen LogP contribution in [0.3, 0.4) is 0 Å². The number of nitrogens with zero attached hydrogens (tertiary/aromatic N) is 1. The van der Waals surface area contributed by atoms with Crippen molar-refractivity contribution < 1.29 is 23.1 Å². The first-order chi connectivity index (χ1) is 10.6. The molecule has 1 atom stereocenters. The van der Waals surface area contributed by atoms with E-state index in [0.29, 0.717) is 25.9 Å².